The molecule has 0 aliphatic rings. The summed E-state index contributed by atoms with van der Waals surface area (Å²) in [6.07, 6.45) is 0. The van der Waals surface area contributed by atoms with Crippen molar-refractivity contribution in [3.05, 3.63) is 93.1 Å². The van der Waals surface area contributed by atoms with Gasteiger partial charge in [-0.3, -0.25) is 9.59 Å². The van der Waals surface area contributed by atoms with E-state index in [0.29, 0.717) is 44.3 Å². The Labute approximate surface area is 177 Å². The fourth-order valence-electron chi connectivity index (χ4n) is 3.17. The van der Waals surface area contributed by atoms with E-state index in [2.05, 4.69) is 5.32 Å². The zero-order valence-electron chi connectivity index (χ0n) is 16.4. The molecule has 0 saturated heterocycles. The van der Waals surface area contributed by atoms with Crippen molar-refractivity contribution in [2.45, 2.75) is 6.92 Å². The third kappa shape index (κ3) is 3.93. The van der Waals surface area contributed by atoms with Crippen molar-refractivity contribution in [1.82, 2.24) is 0 Å². The maximum Gasteiger partial charge on any atom is 0.255 e. The number of aryl methyl sites for hydroxylation is 1. The zero-order chi connectivity index (χ0) is 21.3. The number of carbonyl (C=O) groups is 1. The van der Waals surface area contributed by atoms with Crippen molar-refractivity contribution in [1.29, 1.82) is 0 Å². The number of amides is 1. The van der Waals surface area contributed by atoms with Crippen LogP contribution in [-0.2, 0) is 0 Å². The minimum atomic E-state index is -0.308. The van der Waals surface area contributed by atoms with Crippen molar-refractivity contribution in [2.24, 2.45) is 0 Å². The van der Waals surface area contributed by atoms with E-state index in [1.54, 1.807) is 48.5 Å². The molecule has 0 saturated carbocycles. The molecule has 0 bridgehead atoms. The molecule has 1 aromatic heterocycles. The molecule has 150 valence electrons. The number of anilines is 1. The van der Waals surface area contributed by atoms with Crippen molar-refractivity contribution >= 4 is 34.2 Å². The molecule has 0 unspecified atom stereocenters. The summed E-state index contributed by atoms with van der Waals surface area (Å²) >= 11 is 6.01. The lowest BCUT2D eigenvalue weighted by Crippen LogP contribution is -2.12. The highest BCUT2D eigenvalue weighted by molar-refractivity contribution is 6.31. The fraction of sp³-hybridized carbons (Fsp3) is 0.0833. The SMILES string of the molecule is COc1ccc(Cl)cc1NC(=O)c1ccc(-c2cc(=O)c3cc(C)ccc3o2)cc1. The molecule has 4 rings (SSSR count). The summed E-state index contributed by atoms with van der Waals surface area (Å²) in [7, 11) is 1.52. The number of nitrogens with one attached hydrogen (secondary N) is 1. The second-order valence-electron chi connectivity index (χ2n) is 6.85. The Bertz CT molecular complexity index is 1310. The van der Waals surface area contributed by atoms with Gasteiger partial charge < -0.3 is 14.5 Å². The van der Waals surface area contributed by atoms with E-state index in [1.165, 1.54) is 13.2 Å². The maximum atomic E-state index is 12.6. The third-order valence-corrected chi connectivity index (χ3v) is 4.96. The molecule has 1 heterocycles. The largest absolute Gasteiger partial charge is 0.495 e. The van der Waals surface area contributed by atoms with Crippen LogP contribution in [0.3, 0.4) is 0 Å². The minimum Gasteiger partial charge on any atom is -0.495 e. The smallest absolute Gasteiger partial charge is 0.255 e. The van der Waals surface area contributed by atoms with Crippen LogP contribution in [0.2, 0.25) is 5.02 Å². The van der Waals surface area contributed by atoms with Gasteiger partial charge in [-0.15, -0.1) is 0 Å². The Morgan fingerprint density at radius 2 is 1.77 bits per heavy atom. The summed E-state index contributed by atoms with van der Waals surface area (Å²) in [5.41, 5.74) is 3.04. The number of methoxy groups -OCH3 is 1. The maximum absolute atomic E-state index is 12.6. The minimum absolute atomic E-state index is 0.107. The second kappa shape index (κ2) is 8.05. The molecule has 3 aromatic carbocycles. The number of benzene rings is 3. The van der Waals surface area contributed by atoms with E-state index in [4.69, 9.17) is 20.8 Å². The summed E-state index contributed by atoms with van der Waals surface area (Å²) < 4.78 is 11.1. The molecular weight excluding hydrogens is 402 g/mol. The highest BCUT2D eigenvalue weighted by Gasteiger charge is 2.12. The van der Waals surface area contributed by atoms with Gasteiger partial charge in [0.05, 0.1) is 18.2 Å². The topological polar surface area (TPSA) is 68.5 Å². The number of carbonyl (C=O) groups excluding carboxylic acids is 1. The molecule has 6 heteroatoms. The van der Waals surface area contributed by atoms with E-state index in [1.807, 2.05) is 19.1 Å². The quantitative estimate of drug-likeness (QED) is 0.462. The normalized spacial score (nSPS) is 10.8. The summed E-state index contributed by atoms with van der Waals surface area (Å²) in [6, 6.07) is 18.8. The van der Waals surface area contributed by atoms with Gasteiger partial charge in [0.1, 0.15) is 17.1 Å². The van der Waals surface area contributed by atoms with E-state index in [0.717, 1.165) is 5.56 Å². The van der Waals surface area contributed by atoms with Crippen LogP contribution >= 0.6 is 11.6 Å². The lowest BCUT2D eigenvalue weighted by Gasteiger charge is -2.11. The highest BCUT2D eigenvalue weighted by atomic mass is 35.5. The molecule has 0 atom stereocenters. The van der Waals surface area contributed by atoms with Crippen molar-refractivity contribution in [3.63, 3.8) is 0 Å². The van der Waals surface area contributed by atoms with Gasteiger partial charge in [-0.05, 0) is 49.4 Å². The molecule has 30 heavy (non-hydrogen) atoms. The summed E-state index contributed by atoms with van der Waals surface area (Å²) in [5.74, 6) is 0.648. The van der Waals surface area contributed by atoms with Gasteiger partial charge in [0.25, 0.3) is 5.91 Å². The highest BCUT2D eigenvalue weighted by Crippen LogP contribution is 2.28. The monoisotopic (exact) mass is 419 g/mol. The van der Waals surface area contributed by atoms with Crippen LogP contribution in [-0.4, -0.2) is 13.0 Å². The van der Waals surface area contributed by atoms with Crippen LogP contribution in [0.4, 0.5) is 5.69 Å². The molecule has 5 nitrogen and oxygen atoms in total. The van der Waals surface area contributed by atoms with E-state index < -0.39 is 0 Å². The summed E-state index contributed by atoms with van der Waals surface area (Å²) in [5, 5.41) is 3.83. The first-order chi connectivity index (χ1) is 14.4. The Balaban J connectivity index is 1.61. The lowest BCUT2D eigenvalue weighted by atomic mass is 10.1. The van der Waals surface area contributed by atoms with Crippen LogP contribution < -0.4 is 15.5 Å². The number of fused-ring (bicyclic) bond motifs is 1. The Hall–Kier alpha value is -3.57. The Kier molecular flexibility index (Phi) is 5.29. The standard InChI is InChI=1S/C24H18ClNO4/c1-14-3-9-21-18(11-14)20(27)13-23(30-21)15-4-6-16(7-5-15)24(28)26-19-12-17(25)8-10-22(19)29-2/h3-13H,1-2H3,(H,26,28). The predicted octanol–water partition coefficient (Wildman–Crippen LogP) is 5.68. The van der Waals surface area contributed by atoms with Crippen LogP contribution in [0.15, 0.2) is 75.9 Å². The molecule has 0 radical (unpaired) electrons. The van der Waals surface area contributed by atoms with Crippen molar-refractivity contribution in [2.75, 3.05) is 12.4 Å². The number of hydrogen-bond donors (Lipinski definition) is 1. The average Bonchev–Trinajstić information content (AvgIpc) is 2.74. The number of ether oxygens (including phenoxy) is 1. The lowest BCUT2D eigenvalue weighted by molar-refractivity contribution is 0.102. The first kappa shape index (κ1) is 19.7. The predicted molar refractivity (Wildman–Crippen MR) is 119 cm³/mol. The Morgan fingerprint density at radius 1 is 1.00 bits per heavy atom. The number of hydrogen-bond acceptors (Lipinski definition) is 4. The van der Waals surface area contributed by atoms with Gasteiger partial charge in [0, 0.05) is 22.2 Å². The van der Waals surface area contributed by atoms with E-state index in [9.17, 15) is 9.59 Å². The van der Waals surface area contributed by atoms with Crippen molar-refractivity contribution in [3.8, 4) is 17.1 Å². The molecule has 1 amide bonds. The van der Waals surface area contributed by atoms with Gasteiger partial charge in [-0.1, -0.05) is 35.4 Å². The molecular formula is C24H18ClNO4. The van der Waals surface area contributed by atoms with Crippen LogP contribution in [0.1, 0.15) is 15.9 Å². The first-order valence-corrected chi connectivity index (χ1v) is 9.62. The zero-order valence-corrected chi connectivity index (χ0v) is 17.1. The molecule has 0 fully saturated rings. The van der Waals surface area contributed by atoms with Crippen LogP contribution in [0.5, 0.6) is 5.75 Å². The van der Waals surface area contributed by atoms with E-state index >= 15 is 0 Å². The van der Waals surface area contributed by atoms with Gasteiger partial charge >= 0.3 is 0 Å². The summed E-state index contributed by atoms with van der Waals surface area (Å²) in [6.45, 7) is 1.93. The first-order valence-electron chi connectivity index (χ1n) is 9.24. The summed E-state index contributed by atoms with van der Waals surface area (Å²) in [4.78, 5) is 25.1. The number of halogens is 1. The average molecular weight is 420 g/mol. The van der Waals surface area contributed by atoms with Crippen LogP contribution in [0, 0.1) is 6.92 Å². The van der Waals surface area contributed by atoms with Gasteiger partial charge in [0.2, 0.25) is 0 Å². The third-order valence-electron chi connectivity index (χ3n) is 4.72. The molecule has 4 aromatic rings. The van der Waals surface area contributed by atoms with E-state index in [-0.39, 0.29) is 11.3 Å². The van der Waals surface area contributed by atoms with Gasteiger partial charge in [-0.2, -0.15) is 0 Å². The Morgan fingerprint density at radius 3 is 2.50 bits per heavy atom. The van der Waals surface area contributed by atoms with Crippen molar-refractivity contribution < 1.29 is 13.9 Å². The van der Waals surface area contributed by atoms with Gasteiger partial charge in [0.15, 0.2) is 5.43 Å². The molecule has 0 spiro atoms. The molecule has 1 N–H and O–H groups in total. The van der Waals surface area contributed by atoms with Gasteiger partial charge in [-0.25, -0.2) is 0 Å². The number of rotatable bonds is 4. The fourth-order valence-corrected chi connectivity index (χ4v) is 3.34. The molecule has 0 aliphatic heterocycles. The second-order valence-corrected chi connectivity index (χ2v) is 7.29. The molecule has 0 aliphatic carbocycles. The van der Waals surface area contributed by atoms with Crippen LogP contribution in [0.25, 0.3) is 22.3 Å².